The van der Waals surface area contributed by atoms with Gasteiger partial charge in [0.25, 0.3) is 0 Å². The molecule has 0 saturated heterocycles. The molecular weight excluding hydrogens is 164 g/mol. The fourth-order valence-electron chi connectivity index (χ4n) is 1.87. The number of aromatic nitrogens is 1. The predicted molar refractivity (Wildman–Crippen MR) is 51.2 cm³/mol. The molecule has 1 aliphatic heterocycles. The summed E-state index contributed by atoms with van der Waals surface area (Å²) in [5.41, 5.74) is 2.97. The lowest BCUT2D eigenvalue weighted by Crippen LogP contribution is -2.26. The zero-order valence-corrected chi connectivity index (χ0v) is 7.66. The maximum atomic E-state index is 10.8. The van der Waals surface area contributed by atoms with Crippen LogP contribution in [0.4, 0.5) is 5.69 Å². The summed E-state index contributed by atoms with van der Waals surface area (Å²) in [6, 6.07) is 0. The van der Waals surface area contributed by atoms with E-state index >= 15 is 0 Å². The minimum Gasteiger partial charge on any atom is -0.374 e. The highest BCUT2D eigenvalue weighted by molar-refractivity contribution is 5.85. The number of pyridine rings is 1. The van der Waals surface area contributed by atoms with Crippen molar-refractivity contribution in [3.8, 4) is 0 Å². The van der Waals surface area contributed by atoms with Crippen LogP contribution in [-0.4, -0.2) is 24.9 Å². The minimum atomic E-state index is 0.708. The highest BCUT2D eigenvalue weighted by Crippen LogP contribution is 2.27. The first-order valence-electron chi connectivity index (χ1n) is 4.46. The number of aryl methyl sites for hydroxylation is 1. The van der Waals surface area contributed by atoms with Gasteiger partial charge in [-0.25, -0.2) is 0 Å². The van der Waals surface area contributed by atoms with Crippen molar-refractivity contribution in [2.24, 2.45) is 0 Å². The SMILES string of the molecule is CN1CCCc2cncc(C=O)c21. The van der Waals surface area contributed by atoms with E-state index in [1.807, 2.05) is 13.2 Å². The number of nitrogens with zero attached hydrogens (tertiary/aromatic N) is 2. The summed E-state index contributed by atoms with van der Waals surface area (Å²) in [5.74, 6) is 0. The predicted octanol–water partition coefficient (Wildman–Crippen LogP) is 1.28. The molecule has 0 aliphatic carbocycles. The number of rotatable bonds is 1. The molecule has 0 saturated carbocycles. The zero-order valence-electron chi connectivity index (χ0n) is 7.66. The zero-order chi connectivity index (χ0) is 9.26. The molecule has 0 radical (unpaired) electrons. The van der Waals surface area contributed by atoms with Crippen LogP contribution in [0, 0.1) is 0 Å². The van der Waals surface area contributed by atoms with Crippen molar-refractivity contribution in [3.05, 3.63) is 23.5 Å². The molecule has 1 aliphatic rings. The van der Waals surface area contributed by atoms with E-state index in [4.69, 9.17) is 0 Å². The first-order valence-corrected chi connectivity index (χ1v) is 4.46. The van der Waals surface area contributed by atoms with Crippen molar-refractivity contribution in [3.63, 3.8) is 0 Å². The lowest BCUT2D eigenvalue weighted by atomic mass is 10.0. The van der Waals surface area contributed by atoms with Gasteiger partial charge in [0.2, 0.25) is 0 Å². The van der Waals surface area contributed by atoms with E-state index in [1.165, 1.54) is 5.56 Å². The van der Waals surface area contributed by atoms with Gasteiger partial charge in [-0.2, -0.15) is 0 Å². The van der Waals surface area contributed by atoms with Crippen LogP contribution < -0.4 is 4.90 Å². The van der Waals surface area contributed by atoms with Crippen LogP contribution in [0.25, 0.3) is 0 Å². The monoisotopic (exact) mass is 176 g/mol. The van der Waals surface area contributed by atoms with Gasteiger partial charge < -0.3 is 4.90 Å². The van der Waals surface area contributed by atoms with Crippen molar-refractivity contribution in [1.29, 1.82) is 0 Å². The third kappa shape index (κ3) is 1.30. The van der Waals surface area contributed by atoms with Gasteiger partial charge in [-0.05, 0) is 18.4 Å². The van der Waals surface area contributed by atoms with E-state index in [0.29, 0.717) is 5.56 Å². The van der Waals surface area contributed by atoms with Crippen LogP contribution in [0.1, 0.15) is 22.3 Å². The van der Waals surface area contributed by atoms with E-state index in [9.17, 15) is 4.79 Å². The molecular formula is C10H12N2O. The Balaban J connectivity index is 2.56. The summed E-state index contributed by atoms with van der Waals surface area (Å²) in [7, 11) is 2.02. The van der Waals surface area contributed by atoms with E-state index in [1.54, 1.807) is 6.20 Å². The molecule has 0 fully saturated rings. The molecule has 1 aromatic heterocycles. The molecule has 3 nitrogen and oxygen atoms in total. The maximum absolute atomic E-state index is 10.8. The van der Waals surface area contributed by atoms with E-state index < -0.39 is 0 Å². The quantitative estimate of drug-likeness (QED) is 0.604. The summed E-state index contributed by atoms with van der Waals surface area (Å²) in [4.78, 5) is 16.9. The molecule has 13 heavy (non-hydrogen) atoms. The van der Waals surface area contributed by atoms with Crippen LogP contribution in [0.3, 0.4) is 0 Å². The second-order valence-electron chi connectivity index (χ2n) is 3.38. The van der Waals surface area contributed by atoms with Crippen LogP contribution in [0.5, 0.6) is 0 Å². The standard InChI is InChI=1S/C10H12N2O/c1-12-4-2-3-8-5-11-6-9(7-13)10(8)12/h5-7H,2-4H2,1H3. The van der Waals surface area contributed by atoms with Crippen molar-refractivity contribution in [1.82, 2.24) is 4.98 Å². The molecule has 0 bridgehead atoms. The third-order valence-electron chi connectivity index (χ3n) is 2.47. The highest BCUT2D eigenvalue weighted by atomic mass is 16.1. The summed E-state index contributed by atoms with van der Waals surface area (Å²) in [6.07, 6.45) is 6.56. The largest absolute Gasteiger partial charge is 0.374 e. The van der Waals surface area contributed by atoms with Crippen molar-refractivity contribution in [2.75, 3.05) is 18.5 Å². The first kappa shape index (κ1) is 8.23. The highest BCUT2D eigenvalue weighted by Gasteiger charge is 2.16. The van der Waals surface area contributed by atoms with Gasteiger partial charge in [-0.15, -0.1) is 0 Å². The average Bonchev–Trinajstić information content (AvgIpc) is 2.17. The Labute approximate surface area is 77.4 Å². The lowest BCUT2D eigenvalue weighted by molar-refractivity contribution is 0.112. The van der Waals surface area contributed by atoms with Gasteiger partial charge >= 0.3 is 0 Å². The van der Waals surface area contributed by atoms with Crippen LogP contribution >= 0.6 is 0 Å². The second kappa shape index (κ2) is 3.17. The van der Waals surface area contributed by atoms with Gasteiger partial charge in [0.1, 0.15) is 0 Å². The first-order chi connectivity index (χ1) is 6.33. The Morgan fingerprint density at radius 3 is 3.15 bits per heavy atom. The molecule has 0 unspecified atom stereocenters. The summed E-state index contributed by atoms with van der Waals surface area (Å²) < 4.78 is 0. The Hall–Kier alpha value is -1.38. The smallest absolute Gasteiger partial charge is 0.153 e. The molecule has 1 aromatic rings. The second-order valence-corrected chi connectivity index (χ2v) is 3.38. The topological polar surface area (TPSA) is 33.2 Å². The molecule has 0 atom stereocenters. The lowest BCUT2D eigenvalue weighted by Gasteiger charge is -2.28. The van der Waals surface area contributed by atoms with Crippen LogP contribution in [0.2, 0.25) is 0 Å². The number of aldehydes is 1. The number of anilines is 1. The summed E-state index contributed by atoms with van der Waals surface area (Å²) in [6.45, 7) is 1.03. The number of hydrogen-bond acceptors (Lipinski definition) is 3. The van der Waals surface area contributed by atoms with Crippen molar-refractivity contribution >= 4 is 12.0 Å². The fourth-order valence-corrected chi connectivity index (χ4v) is 1.87. The van der Waals surface area contributed by atoms with Gasteiger partial charge in [-0.1, -0.05) is 0 Å². The molecule has 68 valence electrons. The summed E-state index contributed by atoms with van der Waals surface area (Å²) >= 11 is 0. The number of carbonyl (C=O) groups is 1. The minimum absolute atomic E-state index is 0.708. The molecule has 0 amide bonds. The van der Waals surface area contributed by atoms with Crippen molar-refractivity contribution in [2.45, 2.75) is 12.8 Å². The van der Waals surface area contributed by atoms with Crippen LogP contribution in [0.15, 0.2) is 12.4 Å². The Bertz CT molecular complexity index is 336. The number of hydrogen-bond donors (Lipinski definition) is 0. The summed E-state index contributed by atoms with van der Waals surface area (Å²) in [5, 5.41) is 0. The molecule has 0 aromatic carbocycles. The van der Waals surface area contributed by atoms with Gasteiger partial charge in [-0.3, -0.25) is 9.78 Å². The number of carbonyl (C=O) groups excluding carboxylic acids is 1. The fraction of sp³-hybridized carbons (Fsp3) is 0.400. The third-order valence-corrected chi connectivity index (χ3v) is 2.47. The Morgan fingerprint density at radius 2 is 2.38 bits per heavy atom. The average molecular weight is 176 g/mol. The normalized spacial score (nSPS) is 15.3. The van der Waals surface area contributed by atoms with Gasteiger partial charge in [0.05, 0.1) is 11.3 Å². The molecule has 0 N–H and O–H groups in total. The van der Waals surface area contributed by atoms with Crippen molar-refractivity contribution < 1.29 is 4.79 Å². The Morgan fingerprint density at radius 1 is 1.54 bits per heavy atom. The van der Waals surface area contributed by atoms with Gasteiger partial charge in [0, 0.05) is 26.0 Å². The molecule has 2 rings (SSSR count). The molecule has 3 heteroatoms. The Kier molecular flexibility index (Phi) is 2.00. The van der Waals surface area contributed by atoms with Crippen LogP contribution in [-0.2, 0) is 6.42 Å². The van der Waals surface area contributed by atoms with E-state index in [2.05, 4.69) is 9.88 Å². The van der Waals surface area contributed by atoms with Gasteiger partial charge in [0.15, 0.2) is 6.29 Å². The molecule has 0 spiro atoms. The number of fused-ring (bicyclic) bond motifs is 1. The van der Waals surface area contributed by atoms with E-state index in [-0.39, 0.29) is 0 Å². The van der Waals surface area contributed by atoms with E-state index in [0.717, 1.165) is 31.4 Å². The molecule has 2 heterocycles. The maximum Gasteiger partial charge on any atom is 0.153 e.